The molecule has 0 aromatic heterocycles. The van der Waals surface area contributed by atoms with Gasteiger partial charge in [-0.25, -0.2) is 0 Å². The first-order valence-electron chi connectivity index (χ1n) is 10.5. The van der Waals surface area contributed by atoms with Crippen molar-refractivity contribution in [2.75, 3.05) is 7.11 Å². The number of carboxylic acid groups (broad SMARTS) is 1. The van der Waals surface area contributed by atoms with E-state index in [-0.39, 0.29) is 5.97 Å². The predicted octanol–water partition coefficient (Wildman–Crippen LogP) is 2.95. The van der Waals surface area contributed by atoms with Crippen molar-refractivity contribution in [3.8, 4) is 5.75 Å². The Hall–Kier alpha value is -3.68. The number of carbonyl (C=O) groups is 2. The Balaban J connectivity index is 0.000000257. The minimum atomic E-state index is -0.991. The third kappa shape index (κ3) is 9.55. The summed E-state index contributed by atoms with van der Waals surface area (Å²) in [6.07, 6.45) is 0.835. The van der Waals surface area contributed by atoms with Crippen molar-refractivity contribution >= 4 is 11.9 Å². The van der Waals surface area contributed by atoms with Gasteiger partial charge < -0.3 is 26.0 Å². The van der Waals surface area contributed by atoms with Crippen LogP contribution in [0.5, 0.6) is 5.75 Å². The molecule has 7 heteroatoms. The van der Waals surface area contributed by atoms with Gasteiger partial charge in [0.2, 0.25) is 0 Å². The number of benzene rings is 3. The molecule has 0 aliphatic carbocycles. The number of hydrogen-bond donors (Lipinski definition) is 3. The van der Waals surface area contributed by atoms with E-state index in [2.05, 4.69) is 4.74 Å². The summed E-state index contributed by atoms with van der Waals surface area (Å²) < 4.78 is 10.2. The molecule has 0 radical (unpaired) electrons. The van der Waals surface area contributed by atoms with Crippen molar-refractivity contribution in [2.45, 2.75) is 31.5 Å². The van der Waals surface area contributed by atoms with E-state index >= 15 is 0 Å². The lowest BCUT2D eigenvalue weighted by Gasteiger charge is -2.09. The summed E-state index contributed by atoms with van der Waals surface area (Å²) in [5, 5.41) is 8.76. The molecule has 33 heavy (non-hydrogen) atoms. The monoisotopic (exact) mass is 450 g/mol. The Bertz CT molecular complexity index is 979. The van der Waals surface area contributed by atoms with Crippen LogP contribution in [0, 0.1) is 0 Å². The van der Waals surface area contributed by atoms with Crippen LogP contribution in [0.15, 0.2) is 84.9 Å². The lowest BCUT2D eigenvalue weighted by Crippen LogP contribution is -2.33. The zero-order valence-corrected chi connectivity index (χ0v) is 18.6. The van der Waals surface area contributed by atoms with Crippen LogP contribution in [0.3, 0.4) is 0 Å². The number of nitrogens with two attached hydrogens (primary N) is 2. The summed E-state index contributed by atoms with van der Waals surface area (Å²) in [7, 11) is 1.34. The molecule has 3 aromatic rings. The number of carbonyl (C=O) groups excluding carboxylic acids is 1. The van der Waals surface area contributed by atoms with E-state index in [1.807, 2.05) is 84.9 Å². The van der Waals surface area contributed by atoms with Crippen LogP contribution in [0.2, 0.25) is 0 Å². The molecule has 0 saturated carbocycles. The molecule has 174 valence electrons. The largest absolute Gasteiger partial charge is 0.489 e. The van der Waals surface area contributed by atoms with Crippen LogP contribution in [-0.2, 0) is 33.8 Å². The van der Waals surface area contributed by atoms with Gasteiger partial charge in [-0.1, -0.05) is 72.8 Å². The van der Waals surface area contributed by atoms with Crippen molar-refractivity contribution in [1.29, 1.82) is 0 Å². The van der Waals surface area contributed by atoms with E-state index in [1.54, 1.807) is 0 Å². The van der Waals surface area contributed by atoms with Crippen molar-refractivity contribution in [1.82, 2.24) is 0 Å². The molecule has 0 heterocycles. The average molecular weight is 451 g/mol. The molecule has 5 N–H and O–H groups in total. The number of aliphatic carboxylic acids is 1. The second-order valence-corrected chi connectivity index (χ2v) is 7.39. The standard InChI is InChI=1S/C16H17NO3.C10H13NO2/c17-15(16(18)19)10-12-6-8-14(9-7-12)20-11-13-4-2-1-3-5-13;1-13-10(12)9(11)7-8-5-3-2-4-6-8/h1-9,15H,10-11,17H2,(H,18,19);2-6,9H,7,11H2,1H3. The van der Waals surface area contributed by atoms with Gasteiger partial charge in [0.25, 0.3) is 0 Å². The van der Waals surface area contributed by atoms with Crippen molar-refractivity contribution < 1.29 is 24.2 Å². The van der Waals surface area contributed by atoms with Gasteiger partial charge in [-0.05, 0) is 41.7 Å². The maximum Gasteiger partial charge on any atom is 0.322 e. The van der Waals surface area contributed by atoms with Gasteiger partial charge in [-0.15, -0.1) is 0 Å². The Morgan fingerprint density at radius 2 is 1.24 bits per heavy atom. The van der Waals surface area contributed by atoms with Gasteiger partial charge in [0, 0.05) is 0 Å². The first-order valence-corrected chi connectivity index (χ1v) is 10.5. The molecule has 0 saturated heterocycles. The molecular weight excluding hydrogens is 420 g/mol. The molecule has 0 aliphatic rings. The highest BCUT2D eigenvalue weighted by Crippen LogP contribution is 2.15. The zero-order valence-electron chi connectivity index (χ0n) is 18.6. The van der Waals surface area contributed by atoms with E-state index in [0.717, 1.165) is 22.4 Å². The van der Waals surface area contributed by atoms with E-state index in [1.165, 1.54) is 7.11 Å². The first-order chi connectivity index (χ1) is 15.9. The third-order valence-electron chi connectivity index (χ3n) is 4.75. The molecule has 7 nitrogen and oxygen atoms in total. The molecule has 0 spiro atoms. The van der Waals surface area contributed by atoms with Gasteiger partial charge in [0.15, 0.2) is 0 Å². The fraction of sp³-hybridized carbons (Fsp3) is 0.231. The Kier molecular flexibility index (Phi) is 10.6. The molecule has 2 atom stereocenters. The summed E-state index contributed by atoms with van der Waals surface area (Å²) >= 11 is 0. The summed E-state index contributed by atoms with van der Waals surface area (Å²) in [5.74, 6) is -0.611. The lowest BCUT2D eigenvalue weighted by molar-refractivity contribution is -0.142. The van der Waals surface area contributed by atoms with Crippen LogP contribution in [0.25, 0.3) is 0 Å². The van der Waals surface area contributed by atoms with Gasteiger partial charge in [0.05, 0.1) is 7.11 Å². The predicted molar refractivity (Wildman–Crippen MR) is 127 cm³/mol. The van der Waals surface area contributed by atoms with Crippen molar-refractivity contribution in [3.63, 3.8) is 0 Å². The second-order valence-electron chi connectivity index (χ2n) is 7.39. The quantitative estimate of drug-likeness (QED) is 0.428. The van der Waals surface area contributed by atoms with Crippen molar-refractivity contribution in [2.24, 2.45) is 11.5 Å². The Morgan fingerprint density at radius 3 is 1.76 bits per heavy atom. The minimum absolute atomic E-state index is 0.314. The zero-order chi connectivity index (χ0) is 24.1. The minimum Gasteiger partial charge on any atom is -0.489 e. The van der Waals surface area contributed by atoms with Crippen molar-refractivity contribution in [3.05, 3.63) is 102 Å². The highest BCUT2D eigenvalue weighted by Gasteiger charge is 2.13. The van der Waals surface area contributed by atoms with Gasteiger partial charge in [-0.3, -0.25) is 9.59 Å². The van der Waals surface area contributed by atoms with Crippen LogP contribution in [0.1, 0.15) is 16.7 Å². The fourth-order valence-corrected chi connectivity index (χ4v) is 2.91. The maximum absolute atomic E-state index is 11.0. The number of ether oxygens (including phenoxy) is 2. The van der Waals surface area contributed by atoms with Crippen LogP contribution < -0.4 is 16.2 Å². The molecule has 0 aliphatic heterocycles. The van der Waals surface area contributed by atoms with Gasteiger partial charge in [-0.2, -0.15) is 0 Å². The molecule has 0 amide bonds. The Morgan fingerprint density at radius 1 is 0.758 bits per heavy atom. The number of carboxylic acids is 1. The van der Waals surface area contributed by atoms with E-state index in [9.17, 15) is 9.59 Å². The second kappa shape index (κ2) is 13.7. The molecule has 3 rings (SSSR count). The molecule has 0 bridgehead atoms. The number of hydrogen-bond acceptors (Lipinski definition) is 6. The number of esters is 1. The maximum atomic E-state index is 11.0. The number of methoxy groups -OCH3 is 1. The summed E-state index contributed by atoms with van der Waals surface area (Å²) in [5.41, 5.74) is 14.1. The average Bonchev–Trinajstić information content (AvgIpc) is 2.84. The molecule has 3 aromatic carbocycles. The third-order valence-corrected chi connectivity index (χ3v) is 4.75. The molecule has 2 unspecified atom stereocenters. The highest BCUT2D eigenvalue weighted by atomic mass is 16.5. The summed E-state index contributed by atoms with van der Waals surface area (Å²) in [6, 6.07) is 25.4. The van der Waals surface area contributed by atoms with E-state index in [0.29, 0.717) is 19.4 Å². The molecular formula is C26H30N2O5. The summed E-state index contributed by atoms with van der Waals surface area (Å²) in [4.78, 5) is 21.6. The Labute approximate surface area is 193 Å². The van der Waals surface area contributed by atoms with Crippen LogP contribution >= 0.6 is 0 Å². The summed E-state index contributed by atoms with van der Waals surface area (Å²) in [6.45, 7) is 0.509. The fourth-order valence-electron chi connectivity index (χ4n) is 2.91. The van der Waals surface area contributed by atoms with Crippen LogP contribution in [-0.4, -0.2) is 36.2 Å². The van der Waals surface area contributed by atoms with Gasteiger partial charge >= 0.3 is 11.9 Å². The van der Waals surface area contributed by atoms with Crippen LogP contribution in [0.4, 0.5) is 0 Å². The SMILES string of the molecule is COC(=O)C(N)Cc1ccccc1.NC(Cc1ccc(OCc2ccccc2)cc1)C(=O)O. The molecule has 0 fully saturated rings. The topological polar surface area (TPSA) is 125 Å². The smallest absolute Gasteiger partial charge is 0.322 e. The van der Waals surface area contributed by atoms with Gasteiger partial charge in [0.1, 0.15) is 24.4 Å². The first kappa shape index (κ1) is 25.6. The normalized spacial score (nSPS) is 12.0. The highest BCUT2D eigenvalue weighted by molar-refractivity contribution is 5.75. The van der Waals surface area contributed by atoms with E-state index in [4.69, 9.17) is 21.3 Å². The number of rotatable bonds is 9. The lowest BCUT2D eigenvalue weighted by atomic mass is 10.1. The van der Waals surface area contributed by atoms with E-state index < -0.39 is 18.1 Å².